The topological polar surface area (TPSA) is 32.8 Å². The maximum Gasteiger partial charge on any atom is 0.281 e. The van der Waals surface area contributed by atoms with E-state index in [-0.39, 0.29) is 5.91 Å². The van der Waals surface area contributed by atoms with Crippen molar-refractivity contribution < 1.29 is 9.53 Å². The molecule has 1 fully saturated rings. The van der Waals surface area contributed by atoms with Gasteiger partial charge in [-0.15, -0.1) is 0 Å². The van der Waals surface area contributed by atoms with E-state index in [9.17, 15) is 4.79 Å². The summed E-state index contributed by atoms with van der Waals surface area (Å²) in [7, 11) is 3.51. The summed E-state index contributed by atoms with van der Waals surface area (Å²) in [5, 5.41) is 0.479. The molecule has 1 aliphatic rings. The number of carbonyl (C=O) groups is 1. The molecule has 0 radical (unpaired) electrons. The number of methoxy groups -OCH3 is 1. The summed E-state index contributed by atoms with van der Waals surface area (Å²) in [6.07, 6.45) is 1.91. The lowest BCUT2D eigenvalue weighted by Crippen LogP contribution is -2.30. The third kappa shape index (κ3) is 3.47. The van der Waals surface area contributed by atoms with Crippen molar-refractivity contribution in [3.05, 3.63) is 64.9 Å². The zero-order valence-electron chi connectivity index (χ0n) is 16.3. The van der Waals surface area contributed by atoms with Gasteiger partial charge in [-0.1, -0.05) is 32.0 Å². The van der Waals surface area contributed by atoms with E-state index < -0.39 is 0 Å². The molecule has 0 unspecified atom stereocenters. The van der Waals surface area contributed by atoms with Crippen molar-refractivity contribution in [2.24, 2.45) is 0 Å². The van der Waals surface area contributed by atoms with E-state index in [1.807, 2.05) is 56.4 Å². The number of para-hydroxylation sites is 1. The normalized spacial score (nSPS) is 16.0. The number of anilines is 1. The fourth-order valence-electron chi connectivity index (χ4n) is 3.21. The third-order valence-corrected chi connectivity index (χ3v) is 5.27. The SMILES string of the molecule is COc1cc(C)c(C=C2C(=O)N(c3ccccc3)C(=S)N2C)cc1C(C)C. The van der Waals surface area contributed by atoms with Gasteiger partial charge in [-0.2, -0.15) is 0 Å². The summed E-state index contributed by atoms with van der Waals surface area (Å²) in [4.78, 5) is 16.4. The summed E-state index contributed by atoms with van der Waals surface area (Å²) >= 11 is 5.53. The molecule has 1 heterocycles. The molecule has 140 valence electrons. The number of rotatable bonds is 4. The van der Waals surface area contributed by atoms with Crippen molar-refractivity contribution in [3.8, 4) is 5.75 Å². The van der Waals surface area contributed by atoms with Crippen LogP contribution in [-0.2, 0) is 4.79 Å². The van der Waals surface area contributed by atoms with E-state index in [4.69, 9.17) is 17.0 Å². The van der Waals surface area contributed by atoms with Crippen molar-refractivity contribution in [1.82, 2.24) is 4.90 Å². The van der Waals surface area contributed by atoms with Crippen LogP contribution in [0, 0.1) is 6.92 Å². The molecule has 0 aromatic heterocycles. The molecule has 0 atom stereocenters. The maximum absolute atomic E-state index is 13.1. The predicted octanol–water partition coefficient (Wildman–Crippen LogP) is 4.73. The Morgan fingerprint density at radius 3 is 2.41 bits per heavy atom. The summed E-state index contributed by atoms with van der Waals surface area (Å²) in [5.41, 5.74) is 4.50. The van der Waals surface area contributed by atoms with Crippen molar-refractivity contribution in [2.45, 2.75) is 26.7 Å². The fraction of sp³-hybridized carbons (Fsp3) is 0.273. The lowest BCUT2D eigenvalue weighted by atomic mass is 9.96. The molecule has 4 nitrogen and oxygen atoms in total. The fourth-order valence-corrected chi connectivity index (χ4v) is 3.49. The van der Waals surface area contributed by atoms with E-state index >= 15 is 0 Å². The van der Waals surface area contributed by atoms with E-state index in [2.05, 4.69) is 19.9 Å². The molecule has 0 saturated carbocycles. The van der Waals surface area contributed by atoms with Crippen LogP contribution in [0.4, 0.5) is 5.69 Å². The van der Waals surface area contributed by atoms with Crippen LogP contribution in [0.5, 0.6) is 5.75 Å². The Morgan fingerprint density at radius 2 is 1.81 bits per heavy atom. The molecule has 0 bridgehead atoms. The highest BCUT2D eigenvalue weighted by atomic mass is 32.1. The lowest BCUT2D eigenvalue weighted by molar-refractivity contribution is -0.114. The minimum Gasteiger partial charge on any atom is -0.496 e. The standard InChI is InChI=1S/C22H24N2O2S/c1-14(2)18-12-16(15(3)11-20(18)26-5)13-19-21(25)24(22(27)23(19)4)17-9-7-6-8-10-17/h6-14H,1-5H3. The second kappa shape index (κ2) is 7.53. The van der Waals surface area contributed by atoms with Gasteiger partial charge in [0, 0.05) is 7.05 Å². The minimum absolute atomic E-state index is 0.116. The van der Waals surface area contributed by atoms with Crippen molar-refractivity contribution in [2.75, 3.05) is 19.1 Å². The van der Waals surface area contributed by atoms with Crippen LogP contribution in [0.15, 0.2) is 48.2 Å². The Balaban J connectivity index is 2.06. The number of nitrogens with zero attached hydrogens (tertiary/aromatic N) is 2. The molecule has 0 aliphatic carbocycles. The number of likely N-dealkylation sites (N-methyl/N-ethyl adjacent to an activating group) is 1. The quantitative estimate of drug-likeness (QED) is 0.567. The maximum atomic E-state index is 13.1. The zero-order valence-corrected chi connectivity index (χ0v) is 17.1. The monoisotopic (exact) mass is 380 g/mol. The molecule has 2 aromatic carbocycles. The largest absolute Gasteiger partial charge is 0.496 e. The lowest BCUT2D eigenvalue weighted by Gasteiger charge is -2.16. The Morgan fingerprint density at radius 1 is 1.15 bits per heavy atom. The van der Waals surface area contributed by atoms with Gasteiger partial charge in [-0.25, -0.2) is 0 Å². The Bertz CT molecular complexity index is 919. The number of carbonyl (C=O) groups excluding carboxylic acids is 1. The van der Waals surface area contributed by atoms with Gasteiger partial charge in [-0.3, -0.25) is 9.69 Å². The summed E-state index contributed by atoms with van der Waals surface area (Å²) in [6, 6.07) is 13.6. The predicted molar refractivity (Wildman–Crippen MR) is 114 cm³/mol. The molecule has 1 aliphatic heterocycles. The summed E-state index contributed by atoms with van der Waals surface area (Å²) < 4.78 is 5.52. The van der Waals surface area contributed by atoms with E-state index in [1.165, 1.54) is 0 Å². The average molecular weight is 381 g/mol. The molecule has 1 saturated heterocycles. The number of benzene rings is 2. The minimum atomic E-state index is -0.116. The van der Waals surface area contributed by atoms with Crippen LogP contribution < -0.4 is 9.64 Å². The molecular weight excluding hydrogens is 356 g/mol. The van der Waals surface area contributed by atoms with Crippen LogP contribution in [0.2, 0.25) is 0 Å². The first-order valence-electron chi connectivity index (χ1n) is 8.92. The van der Waals surface area contributed by atoms with Gasteiger partial charge in [0.2, 0.25) is 0 Å². The Hall–Kier alpha value is -2.66. The van der Waals surface area contributed by atoms with Gasteiger partial charge in [0.05, 0.1) is 12.8 Å². The Labute approximate surface area is 166 Å². The molecule has 27 heavy (non-hydrogen) atoms. The second-order valence-corrected chi connectivity index (χ2v) is 7.32. The average Bonchev–Trinajstić information content (AvgIpc) is 2.86. The highest BCUT2D eigenvalue weighted by Gasteiger charge is 2.36. The molecule has 1 amide bonds. The molecule has 0 spiro atoms. The number of amides is 1. The van der Waals surface area contributed by atoms with E-state index in [1.54, 1.807) is 16.9 Å². The molecular formula is C22H24N2O2S. The van der Waals surface area contributed by atoms with Crippen LogP contribution in [0.3, 0.4) is 0 Å². The van der Waals surface area contributed by atoms with Crippen molar-refractivity contribution in [1.29, 1.82) is 0 Å². The molecule has 2 aromatic rings. The smallest absolute Gasteiger partial charge is 0.281 e. The highest BCUT2D eigenvalue weighted by Crippen LogP contribution is 2.32. The van der Waals surface area contributed by atoms with Crippen LogP contribution in [0.25, 0.3) is 6.08 Å². The number of ether oxygens (including phenoxy) is 1. The van der Waals surface area contributed by atoms with Gasteiger partial charge < -0.3 is 9.64 Å². The van der Waals surface area contributed by atoms with Gasteiger partial charge in [0.15, 0.2) is 5.11 Å². The summed E-state index contributed by atoms with van der Waals surface area (Å²) in [5.74, 6) is 1.07. The first-order valence-corrected chi connectivity index (χ1v) is 9.33. The number of hydrogen-bond acceptors (Lipinski definition) is 3. The van der Waals surface area contributed by atoms with Crippen molar-refractivity contribution in [3.63, 3.8) is 0 Å². The van der Waals surface area contributed by atoms with Crippen LogP contribution in [0.1, 0.15) is 36.5 Å². The molecule has 5 heteroatoms. The third-order valence-electron chi connectivity index (χ3n) is 4.81. The van der Waals surface area contributed by atoms with Gasteiger partial charge >= 0.3 is 0 Å². The van der Waals surface area contributed by atoms with Crippen LogP contribution >= 0.6 is 12.2 Å². The molecule has 0 N–H and O–H groups in total. The van der Waals surface area contributed by atoms with Gasteiger partial charge in [-0.05, 0) is 72.1 Å². The second-order valence-electron chi connectivity index (χ2n) is 6.95. The summed E-state index contributed by atoms with van der Waals surface area (Å²) in [6.45, 7) is 6.28. The van der Waals surface area contributed by atoms with Crippen molar-refractivity contribution >= 4 is 35.0 Å². The zero-order chi connectivity index (χ0) is 19.7. The Kier molecular flexibility index (Phi) is 5.33. The number of aryl methyl sites for hydroxylation is 1. The van der Waals surface area contributed by atoms with Gasteiger partial charge in [0.1, 0.15) is 11.4 Å². The van der Waals surface area contributed by atoms with E-state index in [0.29, 0.717) is 16.7 Å². The highest BCUT2D eigenvalue weighted by molar-refractivity contribution is 7.80. The number of thiocarbonyl (C=S) groups is 1. The van der Waals surface area contributed by atoms with E-state index in [0.717, 1.165) is 28.1 Å². The molecule has 3 rings (SSSR count). The number of hydrogen-bond donors (Lipinski definition) is 0. The van der Waals surface area contributed by atoms with Gasteiger partial charge in [0.25, 0.3) is 5.91 Å². The van der Waals surface area contributed by atoms with Crippen LogP contribution in [-0.4, -0.2) is 30.1 Å². The first-order chi connectivity index (χ1) is 12.8. The first kappa shape index (κ1) is 19.1.